The van der Waals surface area contributed by atoms with Gasteiger partial charge in [-0.1, -0.05) is 12.6 Å². The van der Waals surface area contributed by atoms with Crippen LogP contribution in [0.2, 0.25) is 0 Å². The number of benzene rings is 1. The largest absolute Gasteiger partial charge is 0.466 e. The number of rotatable bonds is 2. The summed E-state index contributed by atoms with van der Waals surface area (Å²) in [7, 11) is 0. The van der Waals surface area contributed by atoms with E-state index in [0.717, 1.165) is 18.4 Å². The summed E-state index contributed by atoms with van der Waals surface area (Å²) in [6.07, 6.45) is -3.25. The third-order valence-electron chi connectivity index (χ3n) is 1.38. The van der Waals surface area contributed by atoms with Crippen LogP contribution in [-0.4, -0.2) is 0 Å². The van der Waals surface area contributed by atoms with Crippen molar-refractivity contribution in [2.75, 3.05) is 0 Å². The Kier molecular flexibility index (Phi) is 2.60. The molecular formula is C9H7F3O. The number of ether oxygens (including phenoxy) is 1. The van der Waals surface area contributed by atoms with Crippen molar-refractivity contribution in [1.82, 2.24) is 0 Å². The maximum absolute atomic E-state index is 12.1. The van der Waals surface area contributed by atoms with E-state index in [1.165, 1.54) is 12.1 Å². The number of hydrogen-bond acceptors (Lipinski definition) is 1. The van der Waals surface area contributed by atoms with E-state index in [1.54, 1.807) is 0 Å². The van der Waals surface area contributed by atoms with Gasteiger partial charge in [0.1, 0.15) is 5.75 Å². The molecule has 0 atom stereocenters. The fourth-order valence-corrected chi connectivity index (χ4v) is 0.842. The minimum absolute atomic E-state index is 0.129. The quantitative estimate of drug-likeness (QED) is 0.647. The minimum atomic E-state index is -4.33. The van der Waals surface area contributed by atoms with Crippen molar-refractivity contribution in [1.29, 1.82) is 0 Å². The molecule has 0 spiro atoms. The second kappa shape index (κ2) is 3.51. The summed E-state index contributed by atoms with van der Waals surface area (Å²) in [6.45, 7) is 3.24. The average molecular weight is 188 g/mol. The van der Waals surface area contributed by atoms with E-state index < -0.39 is 11.7 Å². The van der Waals surface area contributed by atoms with Crippen LogP contribution < -0.4 is 4.74 Å². The highest BCUT2D eigenvalue weighted by molar-refractivity contribution is 5.30. The lowest BCUT2D eigenvalue weighted by atomic mass is 10.2. The van der Waals surface area contributed by atoms with Crippen molar-refractivity contribution >= 4 is 0 Å². The third-order valence-corrected chi connectivity index (χ3v) is 1.38. The first-order valence-electron chi connectivity index (χ1n) is 3.49. The number of halogens is 3. The van der Waals surface area contributed by atoms with Crippen molar-refractivity contribution in [3.63, 3.8) is 0 Å². The van der Waals surface area contributed by atoms with Crippen LogP contribution in [0.15, 0.2) is 37.1 Å². The first kappa shape index (κ1) is 9.64. The van der Waals surface area contributed by atoms with Gasteiger partial charge in [0, 0.05) is 0 Å². The molecule has 0 radical (unpaired) electrons. The summed E-state index contributed by atoms with van der Waals surface area (Å²) in [5.41, 5.74) is -0.730. The molecule has 0 aliphatic heterocycles. The fourth-order valence-electron chi connectivity index (χ4n) is 0.842. The maximum Gasteiger partial charge on any atom is 0.416 e. The molecule has 13 heavy (non-hydrogen) atoms. The van der Waals surface area contributed by atoms with Gasteiger partial charge in [-0.2, -0.15) is 13.2 Å². The molecule has 0 fully saturated rings. The highest BCUT2D eigenvalue weighted by atomic mass is 19.4. The van der Waals surface area contributed by atoms with Crippen molar-refractivity contribution in [3.8, 4) is 5.75 Å². The average Bonchev–Trinajstić information content (AvgIpc) is 2.04. The predicted molar refractivity (Wildman–Crippen MR) is 42.3 cm³/mol. The van der Waals surface area contributed by atoms with E-state index in [4.69, 9.17) is 4.74 Å². The van der Waals surface area contributed by atoms with Crippen LogP contribution in [0, 0.1) is 0 Å². The van der Waals surface area contributed by atoms with Gasteiger partial charge < -0.3 is 4.74 Å². The molecule has 1 rings (SSSR count). The van der Waals surface area contributed by atoms with Gasteiger partial charge in [0.2, 0.25) is 0 Å². The molecule has 4 heteroatoms. The SMILES string of the molecule is C=COc1cccc(C(F)(F)F)c1. The van der Waals surface area contributed by atoms with Crippen LogP contribution in [0.4, 0.5) is 13.2 Å². The Morgan fingerprint density at radius 3 is 2.54 bits per heavy atom. The van der Waals surface area contributed by atoms with E-state index >= 15 is 0 Å². The highest BCUT2D eigenvalue weighted by Crippen LogP contribution is 2.31. The lowest BCUT2D eigenvalue weighted by molar-refractivity contribution is -0.137. The zero-order chi connectivity index (χ0) is 9.90. The summed E-state index contributed by atoms with van der Waals surface area (Å²) >= 11 is 0. The summed E-state index contributed by atoms with van der Waals surface area (Å²) < 4.78 is 41.1. The Hall–Kier alpha value is -1.45. The zero-order valence-electron chi connectivity index (χ0n) is 6.64. The second-order valence-corrected chi connectivity index (χ2v) is 2.31. The van der Waals surface area contributed by atoms with E-state index in [-0.39, 0.29) is 5.75 Å². The molecule has 0 N–H and O–H groups in total. The lowest BCUT2D eigenvalue weighted by Crippen LogP contribution is -2.04. The van der Waals surface area contributed by atoms with Gasteiger partial charge >= 0.3 is 6.18 Å². The van der Waals surface area contributed by atoms with Crippen LogP contribution in [0.5, 0.6) is 5.75 Å². The summed E-state index contributed by atoms with van der Waals surface area (Å²) in [5, 5.41) is 0. The summed E-state index contributed by atoms with van der Waals surface area (Å²) in [6, 6.07) is 4.61. The Bertz CT molecular complexity index is 304. The Balaban J connectivity index is 2.98. The lowest BCUT2D eigenvalue weighted by Gasteiger charge is -2.07. The molecule has 0 saturated carbocycles. The molecular weight excluding hydrogens is 181 g/mol. The monoisotopic (exact) mass is 188 g/mol. The van der Waals surface area contributed by atoms with Crippen molar-refractivity contribution in [3.05, 3.63) is 42.7 Å². The molecule has 0 aromatic heterocycles. The summed E-state index contributed by atoms with van der Waals surface area (Å²) in [4.78, 5) is 0. The molecule has 70 valence electrons. The highest BCUT2D eigenvalue weighted by Gasteiger charge is 2.30. The molecule has 0 aliphatic rings. The molecule has 0 saturated heterocycles. The number of hydrogen-bond donors (Lipinski definition) is 0. The van der Waals surface area contributed by atoms with Gasteiger partial charge in [0.15, 0.2) is 0 Å². The smallest absolute Gasteiger partial charge is 0.416 e. The second-order valence-electron chi connectivity index (χ2n) is 2.31. The molecule has 1 aromatic rings. The maximum atomic E-state index is 12.1. The van der Waals surface area contributed by atoms with Crippen molar-refractivity contribution in [2.24, 2.45) is 0 Å². The molecule has 0 amide bonds. The first-order chi connectivity index (χ1) is 6.04. The first-order valence-corrected chi connectivity index (χ1v) is 3.49. The van der Waals surface area contributed by atoms with Crippen molar-refractivity contribution in [2.45, 2.75) is 6.18 Å². The van der Waals surface area contributed by atoms with Crippen LogP contribution in [0.25, 0.3) is 0 Å². The molecule has 0 bridgehead atoms. The topological polar surface area (TPSA) is 9.23 Å². The Morgan fingerprint density at radius 2 is 2.00 bits per heavy atom. The molecule has 0 unspecified atom stereocenters. The predicted octanol–water partition coefficient (Wildman–Crippen LogP) is 3.23. The Morgan fingerprint density at radius 1 is 1.31 bits per heavy atom. The van der Waals surface area contributed by atoms with E-state index in [0.29, 0.717) is 0 Å². The normalized spacial score (nSPS) is 11.0. The Labute approximate surface area is 73.4 Å². The summed E-state index contributed by atoms with van der Waals surface area (Å²) in [5.74, 6) is 0.129. The van der Waals surface area contributed by atoms with Crippen LogP contribution in [0.3, 0.4) is 0 Å². The van der Waals surface area contributed by atoms with Gasteiger partial charge in [-0.3, -0.25) is 0 Å². The fraction of sp³-hybridized carbons (Fsp3) is 0.111. The molecule has 0 heterocycles. The van der Waals surface area contributed by atoms with Crippen LogP contribution in [-0.2, 0) is 6.18 Å². The molecule has 1 nitrogen and oxygen atoms in total. The van der Waals surface area contributed by atoms with E-state index in [1.807, 2.05) is 0 Å². The van der Waals surface area contributed by atoms with Gasteiger partial charge in [-0.05, 0) is 18.2 Å². The van der Waals surface area contributed by atoms with Gasteiger partial charge in [0.25, 0.3) is 0 Å². The van der Waals surface area contributed by atoms with E-state index in [2.05, 4.69) is 6.58 Å². The van der Waals surface area contributed by atoms with Crippen molar-refractivity contribution < 1.29 is 17.9 Å². The molecule has 1 aromatic carbocycles. The molecule has 0 aliphatic carbocycles. The standard InChI is InChI=1S/C9H7F3O/c1-2-13-8-5-3-4-7(6-8)9(10,11)12/h2-6H,1H2. The van der Waals surface area contributed by atoms with E-state index in [9.17, 15) is 13.2 Å². The van der Waals surface area contributed by atoms with Gasteiger partial charge in [-0.25, -0.2) is 0 Å². The third kappa shape index (κ3) is 2.50. The minimum Gasteiger partial charge on any atom is -0.466 e. The van der Waals surface area contributed by atoms with Gasteiger partial charge in [0.05, 0.1) is 11.8 Å². The zero-order valence-corrected chi connectivity index (χ0v) is 6.64. The van der Waals surface area contributed by atoms with Crippen LogP contribution >= 0.6 is 0 Å². The van der Waals surface area contributed by atoms with Crippen LogP contribution in [0.1, 0.15) is 5.56 Å². The van der Waals surface area contributed by atoms with Gasteiger partial charge in [-0.15, -0.1) is 0 Å². The number of alkyl halides is 3.